The van der Waals surface area contributed by atoms with Crippen LogP contribution in [0.15, 0.2) is 48.5 Å². The highest BCUT2D eigenvalue weighted by Crippen LogP contribution is 2.37. The molecule has 0 aliphatic heterocycles. The van der Waals surface area contributed by atoms with E-state index in [1.807, 2.05) is 36.4 Å². The van der Waals surface area contributed by atoms with Crippen molar-refractivity contribution >= 4 is 17.7 Å². The number of anilines is 1. The quantitative estimate of drug-likeness (QED) is 0.660. The summed E-state index contributed by atoms with van der Waals surface area (Å²) in [7, 11) is 0. The molecule has 1 saturated carbocycles. The summed E-state index contributed by atoms with van der Waals surface area (Å²) >= 11 is 0. The van der Waals surface area contributed by atoms with Crippen molar-refractivity contribution in [2.24, 2.45) is 5.92 Å². The molecular weight excluding hydrogens is 373 g/mol. The Morgan fingerprint density at radius 3 is 2.41 bits per heavy atom. The first kappa shape index (κ1) is 20.8. The fourth-order valence-corrected chi connectivity index (χ4v) is 3.68. The van der Waals surface area contributed by atoms with Gasteiger partial charge in [0.1, 0.15) is 12.4 Å². The Balaban J connectivity index is 1.52. The molecule has 0 spiro atoms. The van der Waals surface area contributed by atoms with Crippen LogP contribution in [-0.4, -0.2) is 18.7 Å². The lowest BCUT2D eigenvalue weighted by atomic mass is 9.78. The highest BCUT2D eigenvalue weighted by molar-refractivity contribution is 5.84. The number of carbonyl (C=O) groups excluding carboxylic acids is 2. The predicted octanol–water partition coefficient (Wildman–Crippen LogP) is 5.41. The summed E-state index contributed by atoms with van der Waals surface area (Å²) in [4.78, 5) is 23.8. The van der Waals surface area contributed by atoms with Crippen LogP contribution in [0.4, 0.5) is 14.9 Å². The fraction of sp³-hybridized carbons (Fsp3) is 0.391. The van der Waals surface area contributed by atoms with Gasteiger partial charge in [-0.15, -0.1) is 0 Å². The van der Waals surface area contributed by atoms with Crippen molar-refractivity contribution in [3.8, 4) is 0 Å². The minimum Gasteiger partial charge on any atom is -0.466 e. The molecule has 3 rings (SSSR count). The zero-order valence-electron chi connectivity index (χ0n) is 16.5. The summed E-state index contributed by atoms with van der Waals surface area (Å²) in [6.45, 7) is 2.32. The van der Waals surface area contributed by atoms with Crippen molar-refractivity contribution < 1.29 is 23.5 Å². The average Bonchev–Trinajstić information content (AvgIpc) is 2.75. The predicted molar refractivity (Wildman–Crippen MR) is 108 cm³/mol. The van der Waals surface area contributed by atoms with Crippen molar-refractivity contribution in [2.45, 2.75) is 45.1 Å². The molecule has 2 aromatic carbocycles. The molecule has 0 heterocycles. The van der Waals surface area contributed by atoms with Gasteiger partial charge in [-0.2, -0.15) is 0 Å². The number of nitrogens with one attached hydrogen (secondary N) is 1. The molecule has 29 heavy (non-hydrogen) atoms. The number of esters is 1. The number of ether oxygens (including phenoxy) is 2. The summed E-state index contributed by atoms with van der Waals surface area (Å²) in [5.41, 5.74) is 1.83. The smallest absolute Gasteiger partial charge is 0.412 e. The number of rotatable bonds is 6. The van der Waals surface area contributed by atoms with Gasteiger partial charge in [-0.05, 0) is 61.8 Å². The first-order valence-electron chi connectivity index (χ1n) is 10.0. The molecule has 5 nitrogen and oxygen atoms in total. The summed E-state index contributed by atoms with van der Waals surface area (Å²) in [5, 5.41) is 2.45. The lowest BCUT2D eigenvalue weighted by Crippen LogP contribution is -2.23. The number of hydrogen-bond donors (Lipinski definition) is 1. The van der Waals surface area contributed by atoms with Crippen LogP contribution in [0.3, 0.4) is 0 Å². The van der Waals surface area contributed by atoms with Crippen LogP contribution >= 0.6 is 0 Å². The lowest BCUT2D eigenvalue weighted by molar-refractivity contribution is -0.149. The first-order valence-corrected chi connectivity index (χ1v) is 10.0. The molecule has 6 heteroatoms. The SMILES string of the molecule is CCOC(=O)[C@H]1CC[C@@H](c2ccc(NC(=O)OCc3ccccc3)c(F)c2)CC1. The van der Waals surface area contributed by atoms with E-state index >= 15 is 0 Å². The number of amides is 1. The first-order chi connectivity index (χ1) is 14.1. The summed E-state index contributed by atoms with van der Waals surface area (Å²) in [6.07, 6.45) is 2.42. The highest BCUT2D eigenvalue weighted by atomic mass is 19.1. The summed E-state index contributed by atoms with van der Waals surface area (Å²) in [5.74, 6) is -0.483. The summed E-state index contributed by atoms with van der Waals surface area (Å²) in [6, 6.07) is 14.1. The van der Waals surface area contributed by atoms with Crippen molar-refractivity contribution in [2.75, 3.05) is 11.9 Å². The van der Waals surface area contributed by atoms with E-state index in [9.17, 15) is 14.0 Å². The third-order valence-electron chi connectivity index (χ3n) is 5.26. The standard InChI is InChI=1S/C23H26FNO4/c1-2-28-22(26)18-10-8-17(9-11-18)19-12-13-21(20(24)14-19)25-23(27)29-15-16-6-4-3-5-7-16/h3-7,12-14,17-18H,2,8-11,15H2,1H3,(H,25,27)/t17-,18+. The van der Waals surface area contributed by atoms with E-state index in [1.165, 1.54) is 6.07 Å². The molecule has 2 aromatic rings. The molecule has 1 aliphatic rings. The highest BCUT2D eigenvalue weighted by Gasteiger charge is 2.28. The maximum absolute atomic E-state index is 14.5. The van der Waals surface area contributed by atoms with Crippen molar-refractivity contribution in [3.63, 3.8) is 0 Å². The van der Waals surface area contributed by atoms with Gasteiger partial charge in [-0.3, -0.25) is 10.1 Å². The Kier molecular flexibility index (Phi) is 7.22. The molecule has 0 saturated heterocycles. The Bertz CT molecular complexity index is 832. The van der Waals surface area contributed by atoms with Gasteiger partial charge >= 0.3 is 12.1 Å². The van der Waals surface area contributed by atoms with E-state index in [0.29, 0.717) is 6.61 Å². The second kappa shape index (κ2) is 10.0. The van der Waals surface area contributed by atoms with E-state index < -0.39 is 11.9 Å². The van der Waals surface area contributed by atoms with Gasteiger partial charge in [0.05, 0.1) is 18.2 Å². The molecule has 0 unspecified atom stereocenters. The maximum Gasteiger partial charge on any atom is 0.412 e. The van der Waals surface area contributed by atoms with Crippen molar-refractivity contribution in [3.05, 3.63) is 65.5 Å². The second-order valence-corrected chi connectivity index (χ2v) is 7.23. The molecule has 1 fully saturated rings. The van der Waals surface area contributed by atoms with Crippen LogP contribution in [0.2, 0.25) is 0 Å². The van der Waals surface area contributed by atoms with E-state index in [2.05, 4.69) is 5.32 Å². The molecule has 0 aromatic heterocycles. The Hall–Kier alpha value is -2.89. The van der Waals surface area contributed by atoms with E-state index in [0.717, 1.165) is 36.8 Å². The number of halogens is 1. The molecule has 0 bridgehead atoms. The van der Waals surface area contributed by atoms with Gasteiger partial charge in [0, 0.05) is 0 Å². The summed E-state index contributed by atoms with van der Waals surface area (Å²) < 4.78 is 24.7. The van der Waals surface area contributed by atoms with Crippen molar-refractivity contribution in [1.82, 2.24) is 0 Å². The minimum absolute atomic E-state index is 0.0589. The second-order valence-electron chi connectivity index (χ2n) is 7.23. The van der Waals surface area contributed by atoms with Gasteiger partial charge in [0.25, 0.3) is 0 Å². The zero-order valence-corrected chi connectivity index (χ0v) is 16.5. The Labute approximate surface area is 170 Å². The average molecular weight is 399 g/mol. The fourth-order valence-electron chi connectivity index (χ4n) is 3.68. The van der Waals surface area contributed by atoms with Crippen molar-refractivity contribution in [1.29, 1.82) is 0 Å². The van der Waals surface area contributed by atoms with E-state index in [-0.39, 0.29) is 30.1 Å². The minimum atomic E-state index is -0.699. The Morgan fingerprint density at radius 2 is 1.76 bits per heavy atom. The molecule has 0 atom stereocenters. The molecule has 1 amide bonds. The number of carbonyl (C=O) groups is 2. The molecule has 154 valence electrons. The molecule has 0 radical (unpaired) electrons. The topological polar surface area (TPSA) is 64.6 Å². The third kappa shape index (κ3) is 5.79. The Morgan fingerprint density at radius 1 is 1.03 bits per heavy atom. The van der Waals surface area contributed by atoms with Crippen LogP contribution < -0.4 is 5.32 Å². The van der Waals surface area contributed by atoms with Gasteiger partial charge in [0.15, 0.2) is 0 Å². The zero-order chi connectivity index (χ0) is 20.6. The van der Waals surface area contributed by atoms with Gasteiger partial charge in [-0.25, -0.2) is 9.18 Å². The lowest BCUT2D eigenvalue weighted by Gasteiger charge is -2.27. The molecule has 1 N–H and O–H groups in total. The van der Waals surface area contributed by atoms with E-state index in [1.54, 1.807) is 13.0 Å². The monoisotopic (exact) mass is 399 g/mol. The van der Waals surface area contributed by atoms with Crippen LogP contribution in [0.1, 0.15) is 49.7 Å². The van der Waals surface area contributed by atoms with Crippen LogP contribution in [0.5, 0.6) is 0 Å². The van der Waals surface area contributed by atoms with Gasteiger partial charge in [-0.1, -0.05) is 36.4 Å². The number of benzene rings is 2. The largest absolute Gasteiger partial charge is 0.466 e. The van der Waals surface area contributed by atoms with Gasteiger partial charge < -0.3 is 9.47 Å². The third-order valence-corrected chi connectivity index (χ3v) is 5.26. The normalized spacial score (nSPS) is 18.7. The van der Waals surface area contributed by atoms with Gasteiger partial charge in [0.2, 0.25) is 0 Å². The molecular formula is C23H26FNO4. The van der Waals surface area contributed by atoms with Crippen LogP contribution in [0.25, 0.3) is 0 Å². The van der Waals surface area contributed by atoms with Crippen LogP contribution in [-0.2, 0) is 20.9 Å². The van der Waals surface area contributed by atoms with Crippen LogP contribution in [0, 0.1) is 11.7 Å². The number of hydrogen-bond acceptors (Lipinski definition) is 4. The molecule has 1 aliphatic carbocycles. The maximum atomic E-state index is 14.5. The van der Waals surface area contributed by atoms with E-state index in [4.69, 9.17) is 9.47 Å².